The molecule has 5 heteroatoms. The van der Waals surface area contributed by atoms with Crippen LogP contribution in [0, 0.1) is 0 Å². The highest BCUT2D eigenvalue weighted by molar-refractivity contribution is 5.75. The molecule has 5 nitrogen and oxygen atoms in total. The second-order valence-corrected chi connectivity index (χ2v) is 6.12. The Labute approximate surface area is 141 Å². The summed E-state index contributed by atoms with van der Waals surface area (Å²) < 4.78 is 11.4. The lowest BCUT2D eigenvalue weighted by Crippen LogP contribution is -2.44. The van der Waals surface area contributed by atoms with Gasteiger partial charge in [0.15, 0.2) is 0 Å². The Bertz CT molecular complexity index is 720. The maximum Gasteiger partial charge on any atom is 0.315 e. The molecule has 1 fully saturated rings. The molecule has 2 aromatic carbocycles. The van der Waals surface area contributed by atoms with Crippen molar-refractivity contribution in [3.8, 4) is 5.75 Å². The Balaban J connectivity index is 1.40. The maximum absolute atomic E-state index is 12.4. The predicted octanol–water partition coefficient (Wildman–Crippen LogP) is 2.95. The summed E-state index contributed by atoms with van der Waals surface area (Å²) in [7, 11) is 0. The van der Waals surface area contributed by atoms with E-state index in [-0.39, 0.29) is 24.2 Å². The topological polar surface area (TPSA) is 59.6 Å². The zero-order valence-corrected chi connectivity index (χ0v) is 13.3. The normalized spacial score (nSPS) is 24.9. The molecule has 0 spiro atoms. The highest BCUT2D eigenvalue weighted by Crippen LogP contribution is 2.32. The fraction of sp³-hybridized carbons (Fsp3) is 0.316. The number of amides is 2. The largest absolute Gasteiger partial charge is 0.491 e. The number of fused-ring (bicyclic) bond motifs is 1. The number of urea groups is 1. The minimum atomic E-state index is -0.184. The lowest BCUT2D eigenvalue weighted by molar-refractivity contribution is 0.0997. The lowest BCUT2D eigenvalue weighted by Gasteiger charge is -2.21. The van der Waals surface area contributed by atoms with Crippen LogP contribution in [0.1, 0.15) is 29.7 Å². The van der Waals surface area contributed by atoms with Crippen LogP contribution in [0.3, 0.4) is 0 Å². The van der Waals surface area contributed by atoms with Crippen molar-refractivity contribution in [2.24, 2.45) is 0 Å². The quantitative estimate of drug-likeness (QED) is 0.912. The number of nitrogens with one attached hydrogen (secondary N) is 2. The Hall–Kier alpha value is -2.53. The van der Waals surface area contributed by atoms with E-state index in [0.29, 0.717) is 13.2 Å². The molecule has 0 bridgehead atoms. The van der Waals surface area contributed by atoms with Crippen LogP contribution in [0.25, 0.3) is 0 Å². The van der Waals surface area contributed by atoms with Crippen molar-refractivity contribution in [3.63, 3.8) is 0 Å². The van der Waals surface area contributed by atoms with Crippen LogP contribution in [0.4, 0.5) is 4.79 Å². The van der Waals surface area contributed by atoms with E-state index in [2.05, 4.69) is 10.6 Å². The summed E-state index contributed by atoms with van der Waals surface area (Å²) in [6.07, 6.45) is 0.717. The number of hydrogen-bond donors (Lipinski definition) is 2. The van der Waals surface area contributed by atoms with E-state index in [1.807, 2.05) is 54.6 Å². The molecule has 0 aliphatic carbocycles. The fourth-order valence-electron chi connectivity index (χ4n) is 3.36. The number of hydrogen-bond acceptors (Lipinski definition) is 3. The molecule has 24 heavy (non-hydrogen) atoms. The molecular weight excluding hydrogens is 304 g/mol. The molecule has 2 aliphatic heterocycles. The average Bonchev–Trinajstić information content (AvgIpc) is 3.23. The Morgan fingerprint density at radius 3 is 2.67 bits per heavy atom. The SMILES string of the molecule is O=C(N[C@H]1CCO[C@@H]1c1ccccc1)N[C@@H]1COc2ccccc21. The molecule has 0 aromatic heterocycles. The van der Waals surface area contributed by atoms with E-state index in [1.54, 1.807) is 0 Å². The summed E-state index contributed by atoms with van der Waals surface area (Å²) in [6, 6.07) is 17.5. The number of carbonyl (C=O) groups excluding carboxylic acids is 1. The van der Waals surface area contributed by atoms with E-state index in [4.69, 9.17) is 9.47 Å². The van der Waals surface area contributed by atoms with Crippen molar-refractivity contribution in [2.75, 3.05) is 13.2 Å². The first kappa shape index (κ1) is 15.0. The predicted molar refractivity (Wildman–Crippen MR) is 89.9 cm³/mol. The number of para-hydroxylation sites is 1. The second-order valence-electron chi connectivity index (χ2n) is 6.12. The van der Waals surface area contributed by atoms with E-state index in [1.165, 1.54) is 0 Å². The summed E-state index contributed by atoms with van der Waals surface area (Å²) in [6.45, 7) is 1.12. The molecular formula is C19H20N2O3. The van der Waals surface area contributed by atoms with Crippen LogP contribution < -0.4 is 15.4 Å². The molecule has 2 aliphatic rings. The number of ether oxygens (including phenoxy) is 2. The summed E-state index contributed by atoms with van der Waals surface area (Å²) in [5.41, 5.74) is 2.12. The van der Waals surface area contributed by atoms with Crippen molar-refractivity contribution in [2.45, 2.75) is 24.6 Å². The minimum absolute atomic E-state index is 0.0232. The first-order valence-corrected chi connectivity index (χ1v) is 8.26. The van der Waals surface area contributed by atoms with Crippen LogP contribution in [-0.2, 0) is 4.74 Å². The van der Waals surface area contributed by atoms with Crippen LogP contribution in [-0.4, -0.2) is 25.3 Å². The summed E-state index contributed by atoms with van der Waals surface area (Å²) in [5.74, 6) is 0.842. The Kier molecular flexibility index (Phi) is 4.09. The third kappa shape index (κ3) is 2.95. The summed E-state index contributed by atoms with van der Waals surface area (Å²) in [5, 5.41) is 6.06. The van der Waals surface area contributed by atoms with Crippen LogP contribution in [0.2, 0.25) is 0 Å². The molecule has 0 radical (unpaired) electrons. The number of benzene rings is 2. The van der Waals surface area contributed by atoms with Crippen LogP contribution >= 0.6 is 0 Å². The van der Waals surface area contributed by atoms with Crippen molar-refractivity contribution in [1.82, 2.24) is 10.6 Å². The fourth-order valence-corrected chi connectivity index (χ4v) is 3.36. The molecule has 2 N–H and O–H groups in total. The van der Waals surface area contributed by atoms with E-state index in [0.717, 1.165) is 23.3 Å². The van der Waals surface area contributed by atoms with Gasteiger partial charge in [-0.05, 0) is 18.1 Å². The standard InChI is InChI=1S/C19H20N2O3/c22-19(21-16-12-24-17-9-5-4-8-14(16)17)20-15-10-11-23-18(15)13-6-2-1-3-7-13/h1-9,15-16,18H,10-12H2,(H2,20,21,22)/t15-,16+,18+/m0/s1. The van der Waals surface area contributed by atoms with Gasteiger partial charge in [0.05, 0.1) is 12.1 Å². The molecule has 0 saturated carbocycles. The van der Waals surface area contributed by atoms with Crippen molar-refractivity contribution in [3.05, 3.63) is 65.7 Å². The van der Waals surface area contributed by atoms with Gasteiger partial charge in [0.1, 0.15) is 18.5 Å². The van der Waals surface area contributed by atoms with Gasteiger partial charge in [0.2, 0.25) is 0 Å². The number of carbonyl (C=O) groups is 1. The zero-order chi connectivity index (χ0) is 16.4. The zero-order valence-electron chi connectivity index (χ0n) is 13.3. The maximum atomic E-state index is 12.4. The molecule has 0 unspecified atom stereocenters. The van der Waals surface area contributed by atoms with Gasteiger partial charge >= 0.3 is 6.03 Å². The summed E-state index contributed by atoms with van der Waals surface area (Å²) in [4.78, 5) is 12.4. The lowest BCUT2D eigenvalue weighted by atomic mass is 10.0. The van der Waals surface area contributed by atoms with Gasteiger partial charge in [0, 0.05) is 12.2 Å². The highest BCUT2D eigenvalue weighted by atomic mass is 16.5. The Morgan fingerprint density at radius 2 is 1.79 bits per heavy atom. The van der Waals surface area contributed by atoms with Gasteiger partial charge in [-0.2, -0.15) is 0 Å². The summed E-state index contributed by atoms with van der Waals surface area (Å²) >= 11 is 0. The third-order valence-corrected chi connectivity index (χ3v) is 4.54. The monoisotopic (exact) mass is 324 g/mol. The van der Waals surface area contributed by atoms with E-state index in [9.17, 15) is 4.79 Å². The molecule has 4 rings (SSSR count). The molecule has 1 saturated heterocycles. The molecule has 2 aromatic rings. The van der Waals surface area contributed by atoms with Gasteiger partial charge in [0.25, 0.3) is 0 Å². The van der Waals surface area contributed by atoms with E-state index >= 15 is 0 Å². The molecule has 3 atom stereocenters. The van der Waals surface area contributed by atoms with Gasteiger partial charge in [-0.25, -0.2) is 4.79 Å². The highest BCUT2D eigenvalue weighted by Gasteiger charge is 2.32. The van der Waals surface area contributed by atoms with Crippen molar-refractivity contribution >= 4 is 6.03 Å². The van der Waals surface area contributed by atoms with Gasteiger partial charge in [-0.1, -0.05) is 48.5 Å². The third-order valence-electron chi connectivity index (χ3n) is 4.54. The van der Waals surface area contributed by atoms with Crippen LogP contribution in [0.15, 0.2) is 54.6 Å². The van der Waals surface area contributed by atoms with Gasteiger partial charge in [-0.3, -0.25) is 0 Å². The van der Waals surface area contributed by atoms with Crippen molar-refractivity contribution < 1.29 is 14.3 Å². The smallest absolute Gasteiger partial charge is 0.315 e. The average molecular weight is 324 g/mol. The Morgan fingerprint density at radius 1 is 1.00 bits per heavy atom. The van der Waals surface area contributed by atoms with Gasteiger partial charge in [-0.15, -0.1) is 0 Å². The first-order chi connectivity index (χ1) is 11.8. The van der Waals surface area contributed by atoms with Crippen LogP contribution in [0.5, 0.6) is 5.75 Å². The minimum Gasteiger partial charge on any atom is -0.491 e. The van der Waals surface area contributed by atoms with Gasteiger partial charge < -0.3 is 20.1 Å². The molecule has 2 heterocycles. The molecule has 124 valence electrons. The molecule has 2 amide bonds. The first-order valence-electron chi connectivity index (χ1n) is 8.26. The van der Waals surface area contributed by atoms with Crippen molar-refractivity contribution in [1.29, 1.82) is 0 Å². The van der Waals surface area contributed by atoms with E-state index < -0.39 is 0 Å². The second kappa shape index (κ2) is 6.53. The number of rotatable bonds is 3.